The molecule has 0 aliphatic heterocycles. The second kappa shape index (κ2) is 8.69. The molecule has 5 aromatic carbocycles. The summed E-state index contributed by atoms with van der Waals surface area (Å²) in [5.74, 6) is 0.884. The molecule has 0 aliphatic rings. The molecule has 0 atom stereocenters. The van der Waals surface area contributed by atoms with Crippen molar-refractivity contribution in [2.75, 3.05) is 0 Å². The molecule has 32 heavy (non-hydrogen) atoms. The van der Waals surface area contributed by atoms with Crippen LogP contribution in [0.1, 0.15) is 0 Å². The zero-order valence-corrected chi connectivity index (χ0v) is 20.3. The Kier molecular flexibility index (Phi) is 5.60. The van der Waals surface area contributed by atoms with Gasteiger partial charge in [-0.1, -0.05) is 0 Å². The van der Waals surface area contributed by atoms with Crippen molar-refractivity contribution in [2.45, 2.75) is 0 Å². The zero-order valence-electron chi connectivity index (χ0n) is 17.8. The molecule has 2 heteroatoms. The van der Waals surface area contributed by atoms with E-state index in [-0.39, 0.29) is 0 Å². The van der Waals surface area contributed by atoms with E-state index in [1.807, 2.05) is 18.2 Å². The Hall–Kier alpha value is -3.28. The number of para-hydroxylation sites is 1. The van der Waals surface area contributed by atoms with E-state index in [1.54, 1.807) is 0 Å². The first-order valence-electron chi connectivity index (χ1n) is 10.8. The SMILES string of the molecule is c1ccc([O][Sb]([c]2ccccc2)([c]2ccccc2)([c]2ccccc2)[c]2ccccc2)cc1. The average Bonchev–Trinajstić information content (AvgIpc) is 2.90. The van der Waals surface area contributed by atoms with Crippen molar-refractivity contribution in [3.8, 4) is 5.75 Å². The predicted octanol–water partition coefficient (Wildman–Crippen LogP) is 4.59. The van der Waals surface area contributed by atoms with Crippen molar-refractivity contribution in [3.05, 3.63) is 152 Å². The fourth-order valence-electron chi connectivity index (χ4n) is 4.65. The Labute approximate surface area is 191 Å². The maximum absolute atomic E-state index is 7.54. The molecule has 0 aromatic heterocycles. The summed E-state index contributed by atoms with van der Waals surface area (Å²) >= 11 is -4.80. The van der Waals surface area contributed by atoms with Gasteiger partial charge >= 0.3 is 192 Å². The van der Waals surface area contributed by atoms with Crippen LogP contribution in [0.15, 0.2) is 152 Å². The van der Waals surface area contributed by atoms with Crippen LogP contribution < -0.4 is 17.1 Å². The summed E-state index contributed by atoms with van der Waals surface area (Å²) in [4.78, 5) is 0. The third kappa shape index (κ3) is 3.17. The van der Waals surface area contributed by atoms with Crippen LogP contribution in [-0.2, 0) is 0 Å². The fraction of sp³-hybridized carbons (Fsp3) is 0. The number of benzene rings is 5. The average molecular weight is 523 g/mol. The van der Waals surface area contributed by atoms with Crippen molar-refractivity contribution >= 4 is 31.9 Å². The summed E-state index contributed by atoms with van der Waals surface area (Å²) in [6, 6.07) is 53.6. The van der Waals surface area contributed by atoms with Crippen molar-refractivity contribution in [1.29, 1.82) is 0 Å². The van der Waals surface area contributed by atoms with E-state index in [4.69, 9.17) is 3.02 Å². The van der Waals surface area contributed by atoms with Crippen LogP contribution in [0.5, 0.6) is 5.75 Å². The molecule has 5 rings (SSSR count). The van der Waals surface area contributed by atoms with E-state index in [0.29, 0.717) is 0 Å². The summed E-state index contributed by atoms with van der Waals surface area (Å²) in [7, 11) is 0. The first kappa shape index (κ1) is 20.6. The van der Waals surface area contributed by atoms with Crippen LogP contribution in [0.3, 0.4) is 0 Å². The predicted molar refractivity (Wildman–Crippen MR) is 137 cm³/mol. The van der Waals surface area contributed by atoms with E-state index in [2.05, 4.69) is 133 Å². The minimum absolute atomic E-state index is 0.884. The van der Waals surface area contributed by atoms with Gasteiger partial charge in [0.15, 0.2) is 0 Å². The first-order chi connectivity index (χ1) is 15.8. The van der Waals surface area contributed by atoms with Gasteiger partial charge in [0.05, 0.1) is 0 Å². The molecule has 1 nitrogen and oxygen atoms in total. The van der Waals surface area contributed by atoms with Gasteiger partial charge in [0.2, 0.25) is 0 Å². The molecule has 0 N–H and O–H groups in total. The molecule has 156 valence electrons. The van der Waals surface area contributed by atoms with E-state index in [9.17, 15) is 0 Å². The monoisotopic (exact) mass is 522 g/mol. The molecule has 0 saturated heterocycles. The molecule has 0 fully saturated rings. The second-order valence-corrected chi connectivity index (χ2v) is 20.1. The molecular formula is C30H25OSb. The van der Waals surface area contributed by atoms with Crippen molar-refractivity contribution in [2.24, 2.45) is 0 Å². The van der Waals surface area contributed by atoms with Gasteiger partial charge in [0.25, 0.3) is 0 Å². The molecule has 0 amide bonds. The van der Waals surface area contributed by atoms with Crippen molar-refractivity contribution in [1.82, 2.24) is 0 Å². The van der Waals surface area contributed by atoms with Crippen LogP contribution in [0.25, 0.3) is 0 Å². The summed E-state index contributed by atoms with van der Waals surface area (Å²) < 4.78 is 12.5. The topological polar surface area (TPSA) is 9.23 Å². The van der Waals surface area contributed by atoms with Crippen LogP contribution >= 0.6 is 0 Å². The van der Waals surface area contributed by atoms with Crippen LogP contribution in [0, 0.1) is 0 Å². The van der Waals surface area contributed by atoms with Crippen molar-refractivity contribution in [3.63, 3.8) is 0 Å². The number of hydrogen-bond acceptors (Lipinski definition) is 1. The quantitative estimate of drug-likeness (QED) is 0.296. The molecule has 0 heterocycles. The van der Waals surface area contributed by atoms with Gasteiger partial charge in [-0.25, -0.2) is 0 Å². The summed E-state index contributed by atoms with van der Waals surface area (Å²) in [5.41, 5.74) is 0. The second-order valence-electron chi connectivity index (χ2n) is 7.78. The Morgan fingerprint density at radius 3 is 0.844 bits per heavy atom. The van der Waals surface area contributed by atoms with Gasteiger partial charge in [-0.2, -0.15) is 0 Å². The van der Waals surface area contributed by atoms with Gasteiger partial charge in [0.1, 0.15) is 0 Å². The van der Waals surface area contributed by atoms with E-state index in [0.717, 1.165) is 5.75 Å². The van der Waals surface area contributed by atoms with Crippen molar-refractivity contribution < 1.29 is 3.02 Å². The maximum atomic E-state index is 7.54. The van der Waals surface area contributed by atoms with Crippen LogP contribution in [-0.4, -0.2) is 17.8 Å². The van der Waals surface area contributed by atoms with Gasteiger partial charge in [-0.3, -0.25) is 0 Å². The fourth-order valence-corrected chi connectivity index (χ4v) is 21.0. The third-order valence-electron chi connectivity index (χ3n) is 6.03. The minimum atomic E-state index is -4.80. The van der Waals surface area contributed by atoms with Gasteiger partial charge in [-0.05, 0) is 0 Å². The number of rotatable bonds is 6. The normalized spacial score (nSPS) is 12.4. The summed E-state index contributed by atoms with van der Waals surface area (Å²) in [6.07, 6.45) is 0. The Morgan fingerprint density at radius 1 is 0.312 bits per heavy atom. The summed E-state index contributed by atoms with van der Waals surface area (Å²) in [5, 5.41) is 0. The molecular weight excluding hydrogens is 498 g/mol. The molecule has 0 aliphatic carbocycles. The van der Waals surface area contributed by atoms with Crippen LogP contribution in [0.4, 0.5) is 0 Å². The molecule has 0 radical (unpaired) electrons. The number of hydrogen-bond donors (Lipinski definition) is 0. The van der Waals surface area contributed by atoms with E-state index >= 15 is 0 Å². The zero-order chi connectivity index (χ0) is 21.7. The van der Waals surface area contributed by atoms with Gasteiger partial charge < -0.3 is 0 Å². The Morgan fingerprint density at radius 2 is 0.562 bits per heavy atom. The Bertz CT molecular complexity index is 1100. The van der Waals surface area contributed by atoms with E-state index < -0.39 is 17.8 Å². The Balaban J connectivity index is 2.04. The molecule has 5 aromatic rings. The standard InChI is InChI=1S/C6H6O.4C6H5.Sb/c7-6-4-2-1-3-5-6;4*1-2-4-6-5-3-1;/h1-5,7H;4*1-5H;/q;;;;;+1/p-1. The van der Waals surface area contributed by atoms with E-state index in [1.165, 1.54) is 14.0 Å². The molecule has 0 saturated carbocycles. The van der Waals surface area contributed by atoms with Crippen LogP contribution in [0.2, 0.25) is 0 Å². The molecule has 0 bridgehead atoms. The van der Waals surface area contributed by atoms with Gasteiger partial charge in [-0.15, -0.1) is 0 Å². The van der Waals surface area contributed by atoms with Gasteiger partial charge in [0, 0.05) is 0 Å². The third-order valence-corrected chi connectivity index (χ3v) is 22.3. The summed E-state index contributed by atoms with van der Waals surface area (Å²) in [6.45, 7) is 0. The molecule has 0 unspecified atom stereocenters. The first-order valence-corrected chi connectivity index (χ1v) is 17.0. The molecule has 0 spiro atoms.